The lowest BCUT2D eigenvalue weighted by atomic mass is 10.4. The van der Waals surface area contributed by atoms with Crippen molar-refractivity contribution in [1.82, 2.24) is 4.98 Å². The number of aliphatic hydroxyl groups is 1. The zero-order chi connectivity index (χ0) is 9.35. The lowest BCUT2D eigenvalue weighted by Gasteiger charge is -2.10. The van der Waals surface area contributed by atoms with Gasteiger partial charge in [-0.25, -0.2) is 4.98 Å². The highest BCUT2D eigenvalue weighted by Gasteiger charge is 2.41. The molecule has 0 aliphatic heterocycles. The van der Waals surface area contributed by atoms with Gasteiger partial charge in [-0.1, -0.05) is 0 Å². The van der Waals surface area contributed by atoms with E-state index >= 15 is 0 Å². The molecule has 0 aliphatic rings. The van der Waals surface area contributed by atoms with Crippen LogP contribution < -0.4 is 0 Å². The van der Waals surface area contributed by atoms with Crippen LogP contribution in [-0.4, -0.2) is 16.3 Å². The molecule has 1 aromatic heterocycles. The fraction of sp³-hybridized carbons (Fsp3) is 0.500. The number of halogens is 3. The SMILES string of the molecule is Cc1csc([C@H](O)C(F)(F)F)n1. The number of alkyl halides is 3. The molecule has 1 aromatic rings. The number of hydrogen-bond acceptors (Lipinski definition) is 3. The molecule has 0 unspecified atom stereocenters. The Bertz CT molecular complexity index is 270. The van der Waals surface area contributed by atoms with Crippen molar-refractivity contribution >= 4 is 11.3 Å². The van der Waals surface area contributed by atoms with E-state index in [-0.39, 0.29) is 5.01 Å². The van der Waals surface area contributed by atoms with Gasteiger partial charge in [-0.05, 0) is 6.92 Å². The zero-order valence-electron chi connectivity index (χ0n) is 6.09. The van der Waals surface area contributed by atoms with Crippen molar-refractivity contribution in [2.45, 2.75) is 19.2 Å². The second kappa shape index (κ2) is 3.02. The first-order valence-electron chi connectivity index (χ1n) is 3.08. The fourth-order valence-electron chi connectivity index (χ4n) is 0.638. The van der Waals surface area contributed by atoms with Crippen molar-refractivity contribution < 1.29 is 18.3 Å². The van der Waals surface area contributed by atoms with Crippen LogP contribution in [0.5, 0.6) is 0 Å². The van der Waals surface area contributed by atoms with Crippen LogP contribution in [0.15, 0.2) is 5.38 Å². The Balaban J connectivity index is 2.85. The van der Waals surface area contributed by atoms with E-state index in [2.05, 4.69) is 4.98 Å². The molecule has 68 valence electrons. The number of nitrogens with zero attached hydrogens (tertiary/aromatic N) is 1. The predicted octanol–water partition coefficient (Wildman–Crippen LogP) is 2.05. The molecule has 0 bridgehead atoms. The summed E-state index contributed by atoms with van der Waals surface area (Å²) in [5.41, 5.74) is 0.485. The molecular formula is C6H6F3NOS. The standard InChI is InChI=1S/C6H6F3NOS/c1-3-2-12-5(10-3)4(11)6(7,8)9/h2,4,11H,1H3/t4-/m0/s1. The van der Waals surface area contributed by atoms with Gasteiger partial charge in [0.25, 0.3) is 0 Å². The minimum Gasteiger partial charge on any atom is -0.377 e. The van der Waals surface area contributed by atoms with E-state index in [4.69, 9.17) is 5.11 Å². The van der Waals surface area contributed by atoms with E-state index < -0.39 is 12.3 Å². The Labute approximate surface area is 70.7 Å². The summed E-state index contributed by atoms with van der Waals surface area (Å²) in [6, 6.07) is 0. The second-order valence-corrected chi connectivity index (χ2v) is 3.16. The highest BCUT2D eigenvalue weighted by atomic mass is 32.1. The Morgan fingerprint density at radius 1 is 1.58 bits per heavy atom. The minimum absolute atomic E-state index is 0.306. The van der Waals surface area contributed by atoms with Gasteiger partial charge >= 0.3 is 6.18 Å². The molecule has 1 heterocycles. The van der Waals surface area contributed by atoms with E-state index in [1.807, 2.05) is 0 Å². The van der Waals surface area contributed by atoms with Crippen LogP contribution in [-0.2, 0) is 0 Å². The van der Waals surface area contributed by atoms with Crippen LogP contribution in [0.3, 0.4) is 0 Å². The Morgan fingerprint density at radius 2 is 2.17 bits per heavy atom. The molecule has 1 rings (SSSR count). The topological polar surface area (TPSA) is 33.1 Å². The molecule has 0 amide bonds. The molecular weight excluding hydrogens is 191 g/mol. The van der Waals surface area contributed by atoms with Crippen LogP contribution in [0.4, 0.5) is 13.2 Å². The number of aromatic nitrogens is 1. The molecule has 0 radical (unpaired) electrons. The van der Waals surface area contributed by atoms with Crippen LogP contribution in [0.1, 0.15) is 16.8 Å². The maximum Gasteiger partial charge on any atom is 0.420 e. The largest absolute Gasteiger partial charge is 0.420 e. The average molecular weight is 197 g/mol. The summed E-state index contributed by atoms with van der Waals surface area (Å²) in [6.45, 7) is 1.57. The number of thiazole rings is 1. The quantitative estimate of drug-likeness (QED) is 0.747. The number of rotatable bonds is 1. The van der Waals surface area contributed by atoms with Gasteiger partial charge in [0.2, 0.25) is 6.10 Å². The van der Waals surface area contributed by atoms with Crippen LogP contribution >= 0.6 is 11.3 Å². The normalized spacial score (nSPS) is 14.8. The maximum absolute atomic E-state index is 11.9. The van der Waals surface area contributed by atoms with Gasteiger partial charge in [0.05, 0.1) is 0 Å². The highest BCUT2D eigenvalue weighted by Crippen LogP contribution is 2.33. The highest BCUT2D eigenvalue weighted by molar-refractivity contribution is 7.09. The molecule has 0 spiro atoms. The van der Waals surface area contributed by atoms with Crippen molar-refractivity contribution in [2.75, 3.05) is 0 Å². The van der Waals surface area contributed by atoms with Crippen LogP contribution in [0.25, 0.3) is 0 Å². The molecule has 12 heavy (non-hydrogen) atoms. The van der Waals surface area contributed by atoms with Gasteiger partial charge < -0.3 is 5.11 Å². The second-order valence-electron chi connectivity index (χ2n) is 2.27. The third-order valence-corrected chi connectivity index (χ3v) is 2.20. The maximum atomic E-state index is 11.9. The average Bonchev–Trinajstić information content (AvgIpc) is 2.32. The third-order valence-electron chi connectivity index (χ3n) is 1.18. The van der Waals surface area contributed by atoms with Crippen LogP contribution in [0, 0.1) is 6.92 Å². The van der Waals surface area contributed by atoms with Crippen LogP contribution in [0.2, 0.25) is 0 Å². The van der Waals surface area contributed by atoms with Crippen molar-refractivity contribution in [2.24, 2.45) is 0 Å². The summed E-state index contributed by atoms with van der Waals surface area (Å²) in [5.74, 6) is 0. The third kappa shape index (κ3) is 1.95. The summed E-state index contributed by atoms with van der Waals surface area (Å²) in [7, 11) is 0. The lowest BCUT2D eigenvalue weighted by molar-refractivity contribution is -0.206. The molecule has 0 fully saturated rings. The van der Waals surface area contributed by atoms with Crippen molar-refractivity contribution in [3.8, 4) is 0 Å². The molecule has 1 N–H and O–H groups in total. The summed E-state index contributed by atoms with van der Waals surface area (Å²) >= 11 is 0.803. The first kappa shape index (κ1) is 9.47. The summed E-state index contributed by atoms with van der Waals surface area (Å²) in [6.07, 6.45) is -7.07. The molecule has 0 saturated carbocycles. The van der Waals surface area contributed by atoms with Gasteiger partial charge in [0, 0.05) is 11.1 Å². The Kier molecular flexibility index (Phi) is 2.39. The van der Waals surface area contributed by atoms with Gasteiger partial charge in [-0.2, -0.15) is 13.2 Å². The minimum atomic E-state index is -4.62. The molecule has 0 aliphatic carbocycles. The number of aryl methyl sites for hydroxylation is 1. The summed E-state index contributed by atoms with van der Waals surface area (Å²) in [4.78, 5) is 3.53. The molecule has 0 aromatic carbocycles. The monoisotopic (exact) mass is 197 g/mol. The van der Waals surface area contributed by atoms with E-state index in [1.165, 1.54) is 5.38 Å². The predicted molar refractivity (Wildman–Crippen MR) is 37.9 cm³/mol. The zero-order valence-corrected chi connectivity index (χ0v) is 6.91. The van der Waals surface area contributed by atoms with E-state index in [1.54, 1.807) is 6.92 Å². The van der Waals surface area contributed by atoms with E-state index in [0.29, 0.717) is 5.69 Å². The van der Waals surface area contributed by atoms with Gasteiger partial charge in [0.1, 0.15) is 5.01 Å². The van der Waals surface area contributed by atoms with E-state index in [9.17, 15) is 13.2 Å². The first-order valence-corrected chi connectivity index (χ1v) is 3.96. The van der Waals surface area contributed by atoms with Crippen molar-refractivity contribution in [3.05, 3.63) is 16.1 Å². The Hall–Kier alpha value is -0.620. The summed E-state index contributed by atoms with van der Waals surface area (Å²) < 4.78 is 35.6. The van der Waals surface area contributed by atoms with Gasteiger partial charge in [-0.3, -0.25) is 0 Å². The number of aliphatic hydroxyl groups excluding tert-OH is 1. The van der Waals surface area contributed by atoms with Crippen molar-refractivity contribution in [1.29, 1.82) is 0 Å². The lowest BCUT2D eigenvalue weighted by Crippen LogP contribution is -2.19. The van der Waals surface area contributed by atoms with E-state index in [0.717, 1.165) is 11.3 Å². The molecule has 6 heteroatoms. The van der Waals surface area contributed by atoms with Gasteiger partial charge in [0.15, 0.2) is 0 Å². The molecule has 1 atom stereocenters. The van der Waals surface area contributed by atoms with Gasteiger partial charge in [-0.15, -0.1) is 11.3 Å². The summed E-state index contributed by atoms with van der Waals surface area (Å²) in [5, 5.41) is 9.85. The molecule has 0 saturated heterocycles. The molecule has 2 nitrogen and oxygen atoms in total. The first-order chi connectivity index (χ1) is 5.41. The smallest absolute Gasteiger partial charge is 0.377 e. The Morgan fingerprint density at radius 3 is 2.50 bits per heavy atom. The number of hydrogen-bond donors (Lipinski definition) is 1. The van der Waals surface area contributed by atoms with Crippen molar-refractivity contribution in [3.63, 3.8) is 0 Å². The fourth-order valence-corrected chi connectivity index (χ4v) is 1.44.